The van der Waals surface area contributed by atoms with Crippen molar-refractivity contribution in [2.24, 2.45) is 0 Å². The van der Waals surface area contributed by atoms with Gasteiger partial charge in [0.2, 0.25) is 0 Å². The fraction of sp³-hybridized carbons (Fsp3) is 0.250. The fourth-order valence-corrected chi connectivity index (χ4v) is 3.32. The molecule has 0 saturated carbocycles. The van der Waals surface area contributed by atoms with Crippen molar-refractivity contribution < 1.29 is 4.79 Å². The molecule has 0 spiro atoms. The highest BCUT2D eigenvalue weighted by Gasteiger charge is 2.24. The highest BCUT2D eigenvalue weighted by molar-refractivity contribution is 5.97. The molecule has 3 aromatic rings. The molecule has 3 heterocycles. The molecule has 1 aliphatic heterocycles. The van der Waals surface area contributed by atoms with Crippen LogP contribution in [0.4, 0.5) is 0 Å². The highest BCUT2D eigenvalue weighted by Crippen LogP contribution is 2.15. The first-order valence-electron chi connectivity index (χ1n) is 8.56. The molecule has 1 aliphatic rings. The molecule has 4 rings (SSSR count). The molecule has 1 atom stereocenters. The van der Waals surface area contributed by atoms with Gasteiger partial charge in [-0.1, -0.05) is 30.3 Å². The second kappa shape index (κ2) is 6.99. The van der Waals surface area contributed by atoms with Crippen LogP contribution in [0.2, 0.25) is 0 Å². The molecule has 5 nitrogen and oxygen atoms in total. The maximum Gasteiger partial charge on any atom is 0.255 e. The van der Waals surface area contributed by atoms with Crippen molar-refractivity contribution in [2.45, 2.75) is 12.5 Å². The zero-order valence-electron chi connectivity index (χ0n) is 13.9. The summed E-state index contributed by atoms with van der Waals surface area (Å²) in [5.41, 5.74) is 2.77. The van der Waals surface area contributed by atoms with Crippen LogP contribution in [0.1, 0.15) is 15.9 Å². The van der Waals surface area contributed by atoms with Crippen molar-refractivity contribution in [1.29, 1.82) is 0 Å². The molecule has 25 heavy (non-hydrogen) atoms. The number of piperazine rings is 1. The van der Waals surface area contributed by atoms with Gasteiger partial charge in [0, 0.05) is 49.7 Å². The fourth-order valence-electron chi connectivity index (χ4n) is 3.32. The third-order valence-electron chi connectivity index (χ3n) is 4.60. The number of nitrogens with zero attached hydrogens (tertiary/aromatic N) is 3. The molecule has 1 N–H and O–H groups in total. The van der Waals surface area contributed by atoms with Gasteiger partial charge in [0.05, 0.1) is 11.1 Å². The van der Waals surface area contributed by atoms with E-state index in [2.05, 4.69) is 39.6 Å². The molecule has 1 saturated heterocycles. The normalized spacial score (nSPS) is 17.6. The minimum absolute atomic E-state index is 0.0396. The standard InChI is InChI=1S/C20H20N4O/c25-20(17-11-16-12-21-7-6-19(16)23-13-17)24-9-8-22-18(14-24)10-15-4-2-1-3-5-15/h1-7,11-13,18,22H,8-10,14H2. The number of carbonyl (C=O) groups excluding carboxylic acids is 1. The molecule has 1 fully saturated rings. The molecular weight excluding hydrogens is 312 g/mol. The maximum atomic E-state index is 12.9. The summed E-state index contributed by atoms with van der Waals surface area (Å²) in [5, 5.41) is 4.41. The number of nitrogens with one attached hydrogen (secondary N) is 1. The average molecular weight is 332 g/mol. The quantitative estimate of drug-likeness (QED) is 0.799. The van der Waals surface area contributed by atoms with E-state index in [9.17, 15) is 4.79 Å². The van der Waals surface area contributed by atoms with Gasteiger partial charge in [0.15, 0.2) is 0 Å². The zero-order chi connectivity index (χ0) is 17.1. The molecule has 5 heteroatoms. The molecule has 0 aliphatic carbocycles. The maximum absolute atomic E-state index is 12.9. The van der Waals surface area contributed by atoms with E-state index in [4.69, 9.17) is 0 Å². The van der Waals surface area contributed by atoms with Gasteiger partial charge in [-0.15, -0.1) is 0 Å². The van der Waals surface area contributed by atoms with Crippen molar-refractivity contribution in [3.05, 3.63) is 72.2 Å². The van der Waals surface area contributed by atoms with Gasteiger partial charge >= 0.3 is 0 Å². The monoisotopic (exact) mass is 332 g/mol. The largest absolute Gasteiger partial charge is 0.336 e. The van der Waals surface area contributed by atoms with Crippen molar-refractivity contribution in [1.82, 2.24) is 20.2 Å². The molecule has 0 bridgehead atoms. The number of benzene rings is 1. The minimum atomic E-state index is 0.0396. The summed E-state index contributed by atoms with van der Waals surface area (Å²) in [6.07, 6.45) is 6.04. The summed E-state index contributed by atoms with van der Waals surface area (Å²) in [7, 11) is 0. The van der Waals surface area contributed by atoms with Crippen LogP contribution in [0.3, 0.4) is 0 Å². The highest BCUT2D eigenvalue weighted by atomic mass is 16.2. The Balaban J connectivity index is 1.49. The van der Waals surface area contributed by atoms with E-state index in [-0.39, 0.29) is 11.9 Å². The van der Waals surface area contributed by atoms with Crippen LogP contribution >= 0.6 is 0 Å². The van der Waals surface area contributed by atoms with Crippen molar-refractivity contribution in [2.75, 3.05) is 19.6 Å². The second-order valence-corrected chi connectivity index (χ2v) is 6.38. The first-order valence-corrected chi connectivity index (χ1v) is 8.56. The number of carbonyl (C=O) groups is 1. The van der Waals surface area contributed by atoms with Crippen LogP contribution in [0, 0.1) is 0 Å². The van der Waals surface area contributed by atoms with Crippen LogP contribution in [-0.2, 0) is 6.42 Å². The van der Waals surface area contributed by atoms with E-state index in [1.807, 2.05) is 23.1 Å². The number of pyridine rings is 2. The Morgan fingerprint density at radius 3 is 2.96 bits per heavy atom. The molecule has 0 radical (unpaired) electrons. The Labute approximate surface area is 146 Å². The topological polar surface area (TPSA) is 58.1 Å². The van der Waals surface area contributed by atoms with Crippen LogP contribution in [0.25, 0.3) is 10.9 Å². The molecular formula is C20H20N4O. The van der Waals surface area contributed by atoms with Crippen LogP contribution in [0.5, 0.6) is 0 Å². The van der Waals surface area contributed by atoms with E-state index >= 15 is 0 Å². The van der Waals surface area contributed by atoms with Gasteiger partial charge in [-0.2, -0.15) is 0 Å². The number of hydrogen-bond acceptors (Lipinski definition) is 4. The Kier molecular flexibility index (Phi) is 4.39. The smallest absolute Gasteiger partial charge is 0.255 e. The van der Waals surface area contributed by atoms with Crippen LogP contribution in [-0.4, -0.2) is 46.5 Å². The minimum Gasteiger partial charge on any atom is -0.336 e. The number of rotatable bonds is 3. The number of fused-ring (bicyclic) bond motifs is 1. The van der Waals surface area contributed by atoms with Crippen LogP contribution < -0.4 is 5.32 Å². The third kappa shape index (κ3) is 3.51. The number of aromatic nitrogens is 2. The number of amides is 1. The summed E-state index contributed by atoms with van der Waals surface area (Å²) in [6, 6.07) is 14.4. The lowest BCUT2D eigenvalue weighted by Gasteiger charge is -2.34. The lowest BCUT2D eigenvalue weighted by Crippen LogP contribution is -2.53. The Morgan fingerprint density at radius 2 is 2.08 bits per heavy atom. The van der Waals surface area contributed by atoms with Gasteiger partial charge in [-0.3, -0.25) is 14.8 Å². The van der Waals surface area contributed by atoms with E-state index in [1.165, 1.54) is 5.56 Å². The van der Waals surface area contributed by atoms with Gasteiger partial charge in [-0.05, 0) is 24.1 Å². The van der Waals surface area contributed by atoms with E-state index < -0.39 is 0 Å². The van der Waals surface area contributed by atoms with Gasteiger partial charge < -0.3 is 10.2 Å². The second-order valence-electron chi connectivity index (χ2n) is 6.38. The molecule has 1 unspecified atom stereocenters. The van der Waals surface area contributed by atoms with Gasteiger partial charge in [0.25, 0.3) is 5.91 Å². The number of hydrogen-bond donors (Lipinski definition) is 1. The lowest BCUT2D eigenvalue weighted by atomic mass is 10.0. The van der Waals surface area contributed by atoms with E-state index in [0.717, 1.165) is 30.4 Å². The van der Waals surface area contributed by atoms with Crippen LogP contribution in [0.15, 0.2) is 61.1 Å². The predicted molar refractivity (Wildman–Crippen MR) is 97.4 cm³/mol. The van der Waals surface area contributed by atoms with E-state index in [1.54, 1.807) is 18.6 Å². The summed E-state index contributed by atoms with van der Waals surface area (Å²) in [4.78, 5) is 23.3. The molecule has 1 amide bonds. The van der Waals surface area contributed by atoms with Crippen molar-refractivity contribution in [3.8, 4) is 0 Å². The summed E-state index contributed by atoms with van der Waals surface area (Å²) in [5.74, 6) is 0.0396. The lowest BCUT2D eigenvalue weighted by molar-refractivity contribution is 0.0702. The van der Waals surface area contributed by atoms with Gasteiger partial charge in [0.1, 0.15) is 0 Å². The Bertz CT molecular complexity index is 881. The molecule has 126 valence electrons. The van der Waals surface area contributed by atoms with E-state index in [0.29, 0.717) is 12.1 Å². The summed E-state index contributed by atoms with van der Waals surface area (Å²) >= 11 is 0. The Hall–Kier alpha value is -2.79. The summed E-state index contributed by atoms with van der Waals surface area (Å²) in [6.45, 7) is 2.24. The Morgan fingerprint density at radius 1 is 1.20 bits per heavy atom. The summed E-state index contributed by atoms with van der Waals surface area (Å²) < 4.78 is 0. The first-order chi connectivity index (χ1) is 12.3. The first kappa shape index (κ1) is 15.7. The SMILES string of the molecule is O=C(c1cnc2ccncc2c1)N1CCNC(Cc2ccccc2)C1. The predicted octanol–water partition coefficient (Wildman–Crippen LogP) is 2.29. The zero-order valence-corrected chi connectivity index (χ0v) is 13.9. The molecule has 2 aromatic heterocycles. The third-order valence-corrected chi connectivity index (χ3v) is 4.60. The van der Waals surface area contributed by atoms with Gasteiger partial charge in [-0.25, -0.2) is 0 Å². The average Bonchev–Trinajstić information content (AvgIpc) is 2.68. The van der Waals surface area contributed by atoms with Crippen molar-refractivity contribution >= 4 is 16.8 Å². The molecule has 1 aromatic carbocycles. The van der Waals surface area contributed by atoms with Crippen molar-refractivity contribution in [3.63, 3.8) is 0 Å².